The summed E-state index contributed by atoms with van der Waals surface area (Å²) in [7, 11) is -3.34. The minimum Gasteiger partial charge on any atom is -0.468 e. The molecule has 0 atom stereocenters. The van der Waals surface area contributed by atoms with Gasteiger partial charge in [-0.15, -0.1) is 0 Å². The number of anilines is 1. The van der Waals surface area contributed by atoms with Gasteiger partial charge in [-0.2, -0.15) is 0 Å². The fourth-order valence-corrected chi connectivity index (χ4v) is 4.07. The Kier molecular flexibility index (Phi) is 4.17. The first-order chi connectivity index (χ1) is 11.4. The summed E-state index contributed by atoms with van der Waals surface area (Å²) in [6, 6.07) is 9.55. The first-order valence-corrected chi connectivity index (χ1v) is 9.92. The molecule has 0 spiro atoms. The number of rotatable bonds is 6. The number of hydrogen-bond donors (Lipinski definition) is 2. The van der Waals surface area contributed by atoms with Crippen LogP contribution in [0.1, 0.15) is 38.0 Å². The molecule has 3 aromatic rings. The van der Waals surface area contributed by atoms with Crippen LogP contribution in [0.25, 0.3) is 10.9 Å². The molecule has 6 heteroatoms. The van der Waals surface area contributed by atoms with Crippen LogP contribution in [0.2, 0.25) is 0 Å². The highest BCUT2D eigenvalue weighted by atomic mass is 32.2. The fraction of sp³-hybridized carbons (Fsp3) is 0.333. The first-order valence-electron chi connectivity index (χ1n) is 8.03. The Balaban J connectivity index is 2.22. The van der Waals surface area contributed by atoms with Crippen LogP contribution >= 0.6 is 0 Å². The zero-order chi connectivity index (χ0) is 17.4. The second kappa shape index (κ2) is 6.02. The molecule has 0 bridgehead atoms. The number of para-hydroxylation sites is 1. The lowest BCUT2D eigenvalue weighted by Gasteiger charge is -2.29. The molecular weight excluding hydrogens is 324 g/mol. The van der Waals surface area contributed by atoms with E-state index in [0.717, 1.165) is 41.3 Å². The maximum atomic E-state index is 11.6. The number of nitrogens with one attached hydrogen (secondary N) is 2. The molecule has 0 aliphatic rings. The first kappa shape index (κ1) is 16.6. The van der Waals surface area contributed by atoms with Gasteiger partial charge in [0.2, 0.25) is 10.0 Å². The fourth-order valence-electron chi connectivity index (χ4n) is 3.50. The highest BCUT2D eigenvalue weighted by Crippen LogP contribution is 2.43. The molecule has 2 aromatic heterocycles. The lowest BCUT2D eigenvalue weighted by atomic mass is 9.74. The van der Waals surface area contributed by atoms with Crippen LogP contribution < -0.4 is 4.72 Å². The third kappa shape index (κ3) is 2.71. The number of hydrogen-bond acceptors (Lipinski definition) is 3. The van der Waals surface area contributed by atoms with Crippen LogP contribution in [0.5, 0.6) is 0 Å². The second-order valence-corrected chi connectivity index (χ2v) is 7.82. The maximum absolute atomic E-state index is 11.6. The van der Waals surface area contributed by atoms with E-state index in [-0.39, 0.29) is 5.41 Å². The lowest BCUT2D eigenvalue weighted by molar-refractivity contribution is 0.367. The quantitative estimate of drug-likeness (QED) is 0.701. The van der Waals surface area contributed by atoms with Crippen LogP contribution in [0.4, 0.5) is 5.69 Å². The number of sulfonamides is 1. The van der Waals surface area contributed by atoms with Gasteiger partial charge in [-0.05, 0) is 36.6 Å². The molecule has 0 amide bonds. The van der Waals surface area contributed by atoms with E-state index in [4.69, 9.17) is 4.42 Å². The predicted octanol–water partition coefficient (Wildman–Crippen LogP) is 4.24. The van der Waals surface area contributed by atoms with E-state index in [1.54, 1.807) is 12.3 Å². The smallest absolute Gasteiger partial charge is 0.229 e. The third-order valence-electron chi connectivity index (χ3n) is 4.73. The van der Waals surface area contributed by atoms with Gasteiger partial charge in [0.1, 0.15) is 5.76 Å². The molecule has 24 heavy (non-hydrogen) atoms. The summed E-state index contributed by atoms with van der Waals surface area (Å²) in [5.41, 5.74) is 2.22. The molecule has 128 valence electrons. The monoisotopic (exact) mass is 346 g/mol. The lowest BCUT2D eigenvalue weighted by Crippen LogP contribution is -2.25. The average molecular weight is 346 g/mol. The van der Waals surface area contributed by atoms with Gasteiger partial charge < -0.3 is 9.40 Å². The standard InChI is InChI=1S/C18H22N2O3S/c1-4-18(5-2,16-10-7-11-23-16)14-12-19-17-13(14)8-6-9-15(17)20-24(3,21)22/h6-12,19-20H,4-5H2,1-3H3. The van der Waals surface area contributed by atoms with E-state index < -0.39 is 10.0 Å². The summed E-state index contributed by atoms with van der Waals surface area (Å²) in [4.78, 5) is 3.25. The molecule has 0 unspecified atom stereocenters. The largest absolute Gasteiger partial charge is 0.468 e. The number of fused-ring (bicyclic) bond motifs is 1. The molecule has 0 fully saturated rings. The van der Waals surface area contributed by atoms with Crippen LogP contribution in [-0.2, 0) is 15.4 Å². The highest BCUT2D eigenvalue weighted by molar-refractivity contribution is 7.92. The Morgan fingerprint density at radius 1 is 1.17 bits per heavy atom. The van der Waals surface area contributed by atoms with Crippen molar-refractivity contribution in [3.05, 3.63) is 54.1 Å². The summed E-state index contributed by atoms with van der Waals surface area (Å²) in [5, 5.41) is 1.00. The Labute approximate surface area is 142 Å². The van der Waals surface area contributed by atoms with Gasteiger partial charge in [0.25, 0.3) is 0 Å². The van der Waals surface area contributed by atoms with Gasteiger partial charge in [-0.1, -0.05) is 26.0 Å². The van der Waals surface area contributed by atoms with Gasteiger partial charge >= 0.3 is 0 Å². The molecule has 2 N–H and O–H groups in total. The van der Waals surface area contributed by atoms with Crippen molar-refractivity contribution in [1.82, 2.24) is 4.98 Å². The predicted molar refractivity (Wildman–Crippen MR) is 96.8 cm³/mol. The Hall–Kier alpha value is -2.21. The molecule has 5 nitrogen and oxygen atoms in total. The van der Waals surface area contributed by atoms with Crippen molar-refractivity contribution in [3.8, 4) is 0 Å². The van der Waals surface area contributed by atoms with Gasteiger partial charge in [-0.25, -0.2) is 8.42 Å². The summed E-state index contributed by atoms with van der Waals surface area (Å²) in [6.07, 6.45) is 6.58. The van der Waals surface area contributed by atoms with E-state index >= 15 is 0 Å². The van der Waals surface area contributed by atoms with Gasteiger partial charge in [0.15, 0.2) is 0 Å². The van der Waals surface area contributed by atoms with Crippen molar-refractivity contribution in [2.24, 2.45) is 0 Å². The Bertz CT molecular complexity index is 936. The van der Waals surface area contributed by atoms with E-state index in [1.807, 2.05) is 30.5 Å². The number of aromatic amines is 1. The van der Waals surface area contributed by atoms with Crippen LogP contribution in [0.3, 0.4) is 0 Å². The topological polar surface area (TPSA) is 75.1 Å². The molecular formula is C18H22N2O3S. The van der Waals surface area contributed by atoms with Crippen molar-refractivity contribution < 1.29 is 12.8 Å². The second-order valence-electron chi connectivity index (χ2n) is 6.07. The summed E-state index contributed by atoms with van der Waals surface area (Å²) >= 11 is 0. The van der Waals surface area contributed by atoms with Crippen LogP contribution in [0.15, 0.2) is 47.2 Å². The van der Waals surface area contributed by atoms with Crippen molar-refractivity contribution in [3.63, 3.8) is 0 Å². The molecule has 0 saturated heterocycles. The number of H-pyrrole nitrogens is 1. The molecule has 0 aliphatic carbocycles. The van der Waals surface area contributed by atoms with Gasteiger partial charge in [-0.3, -0.25) is 4.72 Å². The van der Waals surface area contributed by atoms with Crippen molar-refractivity contribution >= 4 is 26.6 Å². The Morgan fingerprint density at radius 2 is 1.92 bits per heavy atom. The molecule has 2 heterocycles. The number of benzene rings is 1. The zero-order valence-electron chi connectivity index (χ0n) is 14.1. The van der Waals surface area contributed by atoms with Crippen LogP contribution in [-0.4, -0.2) is 19.7 Å². The number of furan rings is 1. The van der Waals surface area contributed by atoms with Gasteiger partial charge in [0, 0.05) is 11.6 Å². The normalized spacial score (nSPS) is 12.6. The van der Waals surface area contributed by atoms with E-state index in [9.17, 15) is 8.42 Å². The zero-order valence-corrected chi connectivity index (χ0v) is 14.9. The maximum Gasteiger partial charge on any atom is 0.229 e. The minimum absolute atomic E-state index is 0.245. The third-order valence-corrected chi connectivity index (χ3v) is 5.32. The molecule has 0 aliphatic heterocycles. The summed E-state index contributed by atoms with van der Waals surface area (Å²) < 4.78 is 31.5. The Morgan fingerprint density at radius 3 is 2.50 bits per heavy atom. The molecule has 3 rings (SSSR count). The van der Waals surface area contributed by atoms with Crippen molar-refractivity contribution in [2.45, 2.75) is 32.1 Å². The minimum atomic E-state index is -3.34. The average Bonchev–Trinajstić information content (AvgIpc) is 3.19. The van der Waals surface area contributed by atoms with Gasteiger partial charge in [0.05, 0.1) is 29.1 Å². The van der Waals surface area contributed by atoms with Crippen molar-refractivity contribution in [2.75, 3.05) is 11.0 Å². The SMILES string of the molecule is CCC(CC)(c1ccco1)c1c[nH]c2c(NS(C)(=O)=O)cccc12. The molecule has 1 aromatic carbocycles. The molecule has 0 saturated carbocycles. The highest BCUT2D eigenvalue weighted by Gasteiger charge is 2.35. The number of aromatic nitrogens is 1. The van der Waals surface area contributed by atoms with Crippen LogP contribution in [0, 0.1) is 0 Å². The van der Waals surface area contributed by atoms with E-state index in [1.165, 1.54) is 0 Å². The summed E-state index contributed by atoms with van der Waals surface area (Å²) in [5.74, 6) is 0.926. The summed E-state index contributed by atoms with van der Waals surface area (Å²) in [6.45, 7) is 4.28. The van der Waals surface area contributed by atoms with E-state index in [0.29, 0.717) is 5.69 Å². The molecule has 0 radical (unpaired) electrons. The van der Waals surface area contributed by atoms with Crippen molar-refractivity contribution in [1.29, 1.82) is 0 Å². The van der Waals surface area contributed by atoms with E-state index in [2.05, 4.69) is 23.6 Å².